The van der Waals surface area contributed by atoms with Crippen LogP contribution in [0.5, 0.6) is 0 Å². The Bertz CT molecular complexity index is 168. The van der Waals surface area contributed by atoms with Crippen molar-refractivity contribution in [2.24, 2.45) is 0 Å². The number of hydrogen-bond acceptors (Lipinski definition) is 3. The van der Waals surface area contributed by atoms with E-state index in [2.05, 4.69) is 0 Å². The third-order valence-corrected chi connectivity index (χ3v) is 0.827. The van der Waals surface area contributed by atoms with E-state index < -0.39 is 5.97 Å². The number of carboxylic acid groups (broad SMARTS) is 1. The molecule has 12 heavy (non-hydrogen) atoms. The minimum absolute atomic E-state index is 0.585. The van der Waals surface area contributed by atoms with Crippen molar-refractivity contribution >= 4 is 5.97 Å². The lowest BCUT2D eigenvalue weighted by Crippen LogP contribution is -1.78. The summed E-state index contributed by atoms with van der Waals surface area (Å²) >= 11 is 0. The predicted molar refractivity (Wildman–Crippen MR) is 43.0 cm³/mol. The molecule has 66 valence electrons. The van der Waals surface area contributed by atoms with Crippen molar-refractivity contribution in [3.63, 3.8) is 0 Å². The molecule has 0 fully saturated rings. The summed E-state index contributed by atoms with van der Waals surface area (Å²) in [5, 5.41) is 23.5. The fourth-order valence-electron chi connectivity index (χ4n) is 0.408. The number of hydrogen-bond donors (Lipinski definition) is 1. The largest absolute Gasteiger partial charge is 0.481 e. The van der Waals surface area contributed by atoms with E-state index in [-0.39, 0.29) is 0 Å². The zero-order valence-electron chi connectivity index (χ0n) is 7.08. The molecule has 0 amide bonds. The molecule has 0 heterocycles. The van der Waals surface area contributed by atoms with E-state index >= 15 is 0 Å². The van der Waals surface area contributed by atoms with Gasteiger partial charge in [0.2, 0.25) is 0 Å². The smallest absolute Gasteiger partial charge is 0.300 e. The second-order valence-corrected chi connectivity index (χ2v) is 2.04. The molecule has 0 aromatic carbocycles. The normalized spacial score (nSPS) is 6.92. The average Bonchev–Trinajstić information content (AvgIpc) is 1.97. The highest BCUT2D eigenvalue weighted by Crippen LogP contribution is 1.95. The number of unbranched alkanes of at least 4 members (excludes halogenated alkanes) is 3. The van der Waals surface area contributed by atoms with Gasteiger partial charge in [0.05, 0.1) is 12.1 Å². The molecule has 0 aliphatic heterocycles. The molecule has 4 nitrogen and oxygen atoms in total. The van der Waals surface area contributed by atoms with Crippen molar-refractivity contribution in [3.05, 3.63) is 0 Å². The molecule has 0 rings (SSSR count). The van der Waals surface area contributed by atoms with Crippen molar-refractivity contribution in [2.75, 3.05) is 0 Å². The van der Waals surface area contributed by atoms with Crippen LogP contribution in [0.2, 0.25) is 0 Å². The third-order valence-electron chi connectivity index (χ3n) is 0.827. The average molecular weight is 168 g/mol. The Kier molecular flexibility index (Phi) is 13.2. The molecule has 0 atom stereocenters. The zero-order valence-corrected chi connectivity index (χ0v) is 7.08. The van der Waals surface area contributed by atoms with Gasteiger partial charge in [-0.05, 0) is 12.8 Å². The Balaban J connectivity index is 0. The van der Waals surface area contributed by atoms with Crippen LogP contribution >= 0.6 is 0 Å². The molecule has 0 unspecified atom stereocenters. The van der Waals surface area contributed by atoms with Gasteiger partial charge in [-0.3, -0.25) is 4.79 Å². The van der Waals surface area contributed by atoms with E-state index in [1.807, 2.05) is 12.1 Å². The summed E-state index contributed by atoms with van der Waals surface area (Å²) in [4.78, 5) is 9.00. The standard InChI is InChI=1S/C6H8N2.C2H4O2/c7-5-3-1-2-4-6-8;1-2(3)4/h1-4H2;1H3,(H,3,4). The van der Waals surface area contributed by atoms with Crippen molar-refractivity contribution in [2.45, 2.75) is 32.6 Å². The highest BCUT2D eigenvalue weighted by molar-refractivity contribution is 5.62. The van der Waals surface area contributed by atoms with Crippen LogP contribution in [-0.4, -0.2) is 11.1 Å². The quantitative estimate of drug-likeness (QED) is 0.649. The molecule has 0 aliphatic rings. The Morgan fingerprint density at radius 2 is 1.50 bits per heavy atom. The van der Waals surface area contributed by atoms with E-state index in [0.29, 0.717) is 12.8 Å². The summed E-state index contributed by atoms with van der Waals surface area (Å²) in [5.41, 5.74) is 0. The van der Waals surface area contributed by atoms with Crippen LogP contribution in [0.25, 0.3) is 0 Å². The highest BCUT2D eigenvalue weighted by atomic mass is 16.4. The number of nitrogens with zero attached hydrogens (tertiary/aromatic N) is 2. The lowest BCUT2D eigenvalue weighted by atomic mass is 10.2. The van der Waals surface area contributed by atoms with Gasteiger partial charge in [-0.2, -0.15) is 10.5 Å². The first kappa shape index (κ1) is 13.1. The Hall–Kier alpha value is -1.55. The van der Waals surface area contributed by atoms with Crippen molar-refractivity contribution in [1.82, 2.24) is 0 Å². The van der Waals surface area contributed by atoms with Crippen molar-refractivity contribution in [3.8, 4) is 12.1 Å². The maximum Gasteiger partial charge on any atom is 0.300 e. The molecule has 0 spiro atoms. The van der Waals surface area contributed by atoms with Gasteiger partial charge >= 0.3 is 0 Å². The number of rotatable bonds is 3. The zero-order chi connectivity index (χ0) is 9.82. The lowest BCUT2D eigenvalue weighted by molar-refractivity contribution is -0.134. The number of carboxylic acids is 1. The predicted octanol–water partition coefficient (Wildman–Crippen LogP) is 1.68. The molecule has 1 N–H and O–H groups in total. The minimum Gasteiger partial charge on any atom is -0.481 e. The molecule has 0 saturated carbocycles. The topological polar surface area (TPSA) is 84.9 Å². The van der Waals surface area contributed by atoms with Gasteiger partial charge in [-0.25, -0.2) is 0 Å². The van der Waals surface area contributed by atoms with Gasteiger partial charge in [0.1, 0.15) is 0 Å². The number of nitriles is 2. The second-order valence-electron chi connectivity index (χ2n) is 2.04. The fraction of sp³-hybridized carbons (Fsp3) is 0.625. The van der Waals surface area contributed by atoms with Gasteiger partial charge in [0.25, 0.3) is 5.97 Å². The van der Waals surface area contributed by atoms with E-state index in [4.69, 9.17) is 20.4 Å². The summed E-state index contributed by atoms with van der Waals surface area (Å²) in [6.07, 6.45) is 2.90. The lowest BCUT2D eigenvalue weighted by Gasteiger charge is -1.83. The second kappa shape index (κ2) is 12.2. The third kappa shape index (κ3) is 39.4. The summed E-state index contributed by atoms with van der Waals surface area (Å²) < 4.78 is 0. The summed E-state index contributed by atoms with van der Waals surface area (Å²) in [6, 6.07) is 4.03. The van der Waals surface area contributed by atoms with Crippen LogP contribution in [0, 0.1) is 22.7 Å². The monoisotopic (exact) mass is 168 g/mol. The van der Waals surface area contributed by atoms with Crippen LogP contribution in [0.1, 0.15) is 32.6 Å². The minimum atomic E-state index is -0.833. The Morgan fingerprint density at radius 3 is 1.67 bits per heavy atom. The van der Waals surface area contributed by atoms with Crippen LogP contribution in [0.15, 0.2) is 0 Å². The first-order chi connectivity index (χ1) is 5.65. The molecule has 0 aliphatic carbocycles. The SMILES string of the molecule is CC(=O)O.N#CCCCCC#N. The molecular formula is C8H12N2O2. The van der Waals surface area contributed by atoms with Crippen molar-refractivity contribution in [1.29, 1.82) is 10.5 Å². The highest BCUT2D eigenvalue weighted by Gasteiger charge is 1.83. The van der Waals surface area contributed by atoms with Gasteiger partial charge < -0.3 is 5.11 Å². The van der Waals surface area contributed by atoms with Crippen LogP contribution in [0.4, 0.5) is 0 Å². The molecule has 0 aromatic rings. The van der Waals surface area contributed by atoms with Crippen LogP contribution in [0.3, 0.4) is 0 Å². The molecule has 0 saturated heterocycles. The first-order valence-electron chi connectivity index (χ1n) is 3.58. The maximum atomic E-state index is 9.00. The molecule has 0 radical (unpaired) electrons. The molecule has 4 heteroatoms. The summed E-state index contributed by atoms with van der Waals surface area (Å²) in [6.45, 7) is 1.08. The molecular weight excluding hydrogens is 156 g/mol. The van der Waals surface area contributed by atoms with Crippen LogP contribution in [-0.2, 0) is 4.79 Å². The van der Waals surface area contributed by atoms with E-state index in [0.717, 1.165) is 19.8 Å². The summed E-state index contributed by atoms with van der Waals surface area (Å²) in [7, 11) is 0. The van der Waals surface area contributed by atoms with E-state index in [9.17, 15) is 0 Å². The Morgan fingerprint density at radius 1 is 1.25 bits per heavy atom. The maximum absolute atomic E-state index is 9.00. The first-order valence-corrected chi connectivity index (χ1v) is 3.58. The van der Waals surface area contributed by atoms with Crippen molar-refractivity contribution < 1.29 is 9.90 Å². The summed E-state index contributed by atoms with van der Waals surface area (Å²) in [5.74, 6) is -0.833. The fourth-order valence-corrected chi connectivity index (χ4v) is 0.408. The van der Waals surface area contributed by atoms with Crippen LogP contribution < -0.4 is 0 Å². The van der Waals surface area contributed by atoms with Gasteiger partial charge in [0.15, 0.2) is 0 Å². The molecule has 0 bridgehead atoms. The van der Waals surface area contributed by atoms with Gasteiger partial charge in [-0.1, -0.05) is 0 Å². The molecule has 0 aromatic heterocycles. The van der Waals surface area contributed by atoms with E-state index in [1.54, 1.807) is 0 Å². The number of aliphatic carboxylic acids is 1. The number of carbonyl (C=O) groups is 1. The Labute approximate surface area is 72.0 Å². The van der Waals surface area contributed by atoms with Gasteiger partial charge in [-0.15, -0.1) is 0 Å². The van der Waals surface area contributed by atoms with E-state index in [1.165, 1.54) is 0 Å². The van der Waals surface area contributed by atoms with Gasteiger partial charge in [0, 0.05) is 19.8 Å².